The lowest BCUT2D eigenvalue weighted by atomic mass is 9.95. The van der Waals surface area contributed by atoms with E-state index in [2.05, 4.69) is 20.3 Å². The Morgan fingerprint density at radius 1 is 1.08 bits per heavy atom. The molecule has 0 unspecified atom stereocenters. The smallest absolute Gasteiger partial charge is 0.283 e. The zero-order chi connectivity index (χ0) is 26.6. The minimum Gasteiger partial charge on any atom is -0.322 e. The van der Waals surface area contributed by atoms with Crippen molar-refractivity contribution in [1.29, 1.82) is 0 Å². The highest BCUT2D eigenvalue weighted by molar-refractivity contribution is 7.99. The van der Waals surface area contributed by atoms with Gasteiger partial charge >= 0.3 is 0 Å². The van der Waals surface area contributed by atoms with Gasteiger partial charge in [-0.3, -0.25) is 14.9 Å². The second-order valence-corrected chi connectivity index (χ2v) is 11.1. The van der Waals surface area contributed by atoms with Crippen molar-refractivity contribution >= 4 is 51.6 Å². The van der Waals surface area contributed by atoms with Crippen LogP contribution < -0.4 is 5.32 Å². The molecule has 38 heavy (non-hydrogen) atoms. The van der Waals surface area contributed by atoms with Gasteiger partial charge in [0, 0.05) is 34.2 Å². The van der Waals surface area contributed by atoms with Crippen LogP contribution in [0.2, 0.25) is 0 Å². The summed E-state index contributed by atoms with van der Waals surface area (Å²) in [4.78, 5) is 39.8. The molecule has 1 aliphatic carbocycles. The second kappa shape index (κ2) is 11.2. The van der Waals surface area contributed by atoms with E-state index in [9.17, 15) is 14.9 Å². The monoisotopic (exact) mass is 543 g/mol. The van der Waals surface area contributed by atoms with Crippen LogP contribution in [0.25, 0.3) is 0 Å². The molecule has 0 radical (unpaired) electrons. The van der Waals surface area contributed by atoms with Gasteiger partial charge in [0.2, 0.25) is 0 Å². The van der Waals surface area contributed by atoms with Crippen molar-refractivity contribution in [3.8, 4) is 0 Å². The van der Waals surface area contributed by atoms with Gasteiger partial charge in [-0.05, 0) is 86.7 Å². The van der Waals surface area contributed by atoms with Crippen LogP contribution in [0.5, 0.6) is 0 Å². The first-order valence-corrected chi connectivity index (χ1v) is 13.8. The Balaban J connectivity index is 1.45. The zero-order valence-corrected chi connectivity index (χ0v) is 22.6. The van der Waals surface area contributed by atoms with Crippen LogP contribution >= 0.6 is 23.1 Å². The molecule has 8 nitrogen and oxygen atoms in total. The Labute approximate surface area is 228 Å². The molecule has 0 aliphatic heterocycles. The molecule has 2 heterocycles. The van der Waals surface area contributed by atoms with E-state index in [0.717, 1.165) is 60.1 Å². The molecule has 0 spiro atoms. The number of benzene rings is 2. The molecule has 10 heteroatoms. The molecule has 4 aromatic rings. The first kappa shape index (κ1) is 25.7. The number of fused-ring (bicyclic) bond motifs is 1. The van der Waals surface area contributed by atoms with E-state index in [1.165, 1.54) is 22.3 Å². The third-order valence-electron chi connectivity index (χ3n) is 6.09. The van der Waals surface area contributed by atoms with Gasteiger partial charge in [-0.1, -0.05) is 24.3 Å². The summed E-state index contributed by atoms with van der Waals surface area (Å²) in [7, 11) is 0. The molecule has 2 aromatic heterocycles. The molecule has 1 N–H and O–H groups in total. The number of thiophene rings is 1. The number of para-hydroxylation sites is 1. The minimum atomic E-state index is -0.412. The van der Waals surface area contributed by atoms with E-state index in [4.69, 9.17) is 0 Å². The number of aliphatic imine (C=N–C) groups is 1. The number of nitrogens with zero attached hydrogens (tertiary/aromatic N) is 4. The molecule has 1 aliphatic rings. The van der Waals surface area contributed by atoms with Gasteiger partial charge in [0.05, 0.1) is 15.4 Å². The first-order valence-electron chi connectivity index (χ1n) is 12.2. The van der Waals surface area contributed by atoms with Crippen LogP contribution in [0.4, 0.5) is 16.4 Å². The van der Waals surface area contributed by atoms with Gasteiger partial charge in [0.15, 0.2) is 5.16 Å². The van der Waals surface area contributed by atoms with Crippen molar-refractivity contribution in [2.24, 2.45) is 4.99 Å². The average molecular weight is 544 g/mol. The number of hydrogen-bond donors (Lipinski definition) is 1. The number of hydrogen-bond acceptors (Lipinski definition) is 8. The number of nitro groups is 1. The quantitative estimate of drug-likeness (QED) is 0.115. The van der Waals surface area contributed by atoms with Crippen LogP contribution in [0.1, 0.15) is 50.6 Å². The predicted molar refractivity (Wildman–Crippen MR) is 151 cm³/mol. The fraction of sp³-hybridized carbons (Fsp3) is 0.214. The number of nitro benzene ring substituents is 1. The summed E-state index contributed by atoms with van der Waals surface area (Å²) in [5.41, 5.74) is 4.51. The topological polar surface area (TPSA) is 110 Å². The van der Waals surface area contributed by atoms with Gasteiger partial charge in [-0.2, -0.15) is 0 Å². The fourth-order valence-electron chi connectivity index (χ4n) is 4.41. The van der Waals surface area contributed by atoms with Gasteiger partial charge in [-0.15, -0.1) is 11.3 Å². The molecule has 1 amide bonds. The van der Waals surface area contributed by atoms with Gasteiger partial charge < -0.3 is 5.32 Å². The van der Waals surface area contributed by atoms with Crippen LogP contribution in [-0.4, -0.2) is 27.0 Å². The first-order chi connectivity index (χ1) is 18.4. The summed E-state index contributed by atoms with van der Waals surface area (Å²) in [6, 6.07) is 16.2. The number of aromatic nitrogens is 2. The molecule has 192 valence electrons. The molecular formula is C28H25N5O3S2. The molecule has 0 saturated carbocycles. The van der Waals surface area contributed by atoms with Crippen molar-refractivity contribution in [1.82, 2.24) is 9.97 Å². The Hall–Kier alpha value is -3.89. The highest BCUT2D eigenvalue weighted by atomic mass is 32.2. The lowest BCUT2D eigenvalue weighted by molar-refractivity contribution is -0.387. The van der Waals surface area contributed by atoms with E-state index < -0.39 is 4.92 Å². The summed E-state index contributed by atoms with van der Waals surface area (Å²) >= 11 is 2.69. The van der Waals surface area contributed by atoms with Crippen LogP contribution in [-0.2, 0) is 12.8 Å². The fourth-order valence-corrected chi connectivity index (χ4v) is 6.59. The van der Waals surface area contributed by atoms with Crippen molar-refractivity contribution in [2.45, 2.75) is 49.6 Å². The summed E-state index contributed by atoms with van der Waals surface area (Å²) in [6.45, 7) is 3.73. The molecule has 0 atom stereocenters. The number of amides is 1. The lowest BCUT2D eigenvalue weighted by Crippen LogP contribution is -2.14. The van der Waals surface area contributed by atoms with Crippen molar-refractivity contribution in [3.05, 3.63) is 97.7 Å². The largest absolute Gasteiger partial charge is 0.322 e. The van der Waals surface area contributed by atoms with Crippen LogP contribution in [0.15, 0.2) is 69.6 Å². The number of carbonyl (C=O) groups is 1. The summed E-state index contributed by atoms with van der Waals surface area (Å²) in [5, 5.41) is 15.9. The summed E-state index contributed by atoms with van der Waals surface area (Å²) in [6.07, 6.45) is 5.49. The third kappa shape index (κ3) is 5.81. The minimum absolute atomic E-state index is 0.0470. The van der Waals surface area contributed by atoms with E-state index in [1.54, 1.807) is 18.3 Å². The molecule has 0 bridgehead atoms. The normalized spacial score (nSPS) is 12.9. The third-order valence-corrected chi connectivity index (χ3v) is 8.22. The number of carbonyl (C=O) groups excluding carboxylic acids is 1. The maximum Gasteiger partial charge on any atom is 0.283 e. The Morgan fingerprint density at radius 3 is 2.55 bits per heavy atom. The van der Waals surface area contributed by atoms with E-state index >= 15 is 0 Å². The van der Waals surface area contributed by atoms with E-state index in [0.29, 0.717) is 26.2 Å². The number of rotatable bonds is 7. The lowest BCUT2D eigenvalue weighted by Gasteiger charge is -2.12. The summed E-state index contributed by atoms with van der Waals surface area (Å²) < 4.78 is 0. The van der Waals surface area contributed by atoms with Gasteiger partial charge in [0.25, 0.3) is 11.6 Å². The predicted octanol–water partition coefficient (Wildman–Crippen LogP) is 7.10. The van der Waals surface area contributed by atoms with E-state index in [1.807, 2.05) is 50.2 Å². The molecular weight excluding hydrogens is 518 g/mol. The van der Waals surface area contributed by atoms with E-state index in [-0.39, 0.29) is 11.6 Å². The average Bonchev–Trinajstić information content (AvgIpc) is 3.26. The molecule has 0 fully saturated rings. The second-order valence-electron chi connectivity index (χ2n) is 8.99. The molecule has 2 aromatic carbocycles. The SMILES string of the molecule is Cc1cc(C)nc(Sc2ccc(/C=N\c3sc4c(c3C(=O)Nc3ccccc3)CCCC4)cc2[N+](=O)[O-])n1. The summed E-state index contributed by atoms with van der Waals surface area (Å²) in [5.74, 6) is -0.186. The van der Waals surface area contributed by atoms with Gasteiger partial charge in [-0.25, -0.2) is 15.0 Å². The molecule has 5 rings (SSSR count). The van der Waals surface area contributed by atoms with Crippen molar-refractivity contribution in [2.75, 3.05) is 5.32 Å². The van der Waals surface area contributed by atoms with Crippen molar-refractivity contribution < 1.29 is 9.72 Å². The highest BCUT2D eigenvalue weighted by Gasteiger charge is 2.25. The number of anilines is 1. The zero-order valence-electron chi connectivity index (χ0n) is 20.9. The maximum atomic E-state index is 13.3. The Morgan fingerprint density at radius 2 is 1.82 bits per heavy atom. The Bertz CT molecular complexity index is 1530. The maximum absolute atomic E-state index is 13.3. The van der Waals surface area contributed by atoms with Gasteiger partial charge in [0.1, 0.15) is 5.00 Å². The van der Waals surface area contributed by atoms with Crippen LogP contribution in [0, 0.1) is 24.0 Å². The number of nitrogens with one attached hydrogen (secondary N) is 1. The highest BCUT2D eigenvalue weighted by Crippen LogP contribution is 2.40. The number of aryl methyl sites for hydroxylation is 3. The standard InChI is InChI=1S/C28H25N5O3S2/c1-17-14-18(2)31-28(30-17)38-24-13-12-19(15-22(24)33(35)36)16-29-27-25(21-10-6-7-11-23(21)37-27)26(34)32-20-8-4-3-5-9-20/h3-5,8-9,12-16H,6-7,10-11H2,1-2H3,(H,32,34)/b29-16-. The Kier molecular flexibility index (Phi) is 7.62. The van der Waals surface area contributed by atoms with Crippen LogP contribution in [0.3, 0.4) is 0 Å². The molecule has 0 saturated heterocycles. The van der Waals surface area contributed by atoms with Crippen molar-refractivity contribution in [3.63, 3.8) is 0 Å².